The van der Waals surface area contributed by atoms with Gasteiger partial charge in [0.2, 0.25) is 5.91 Å². The van der Waals surface area contributed by atoms with E-state index in [1.54, 1.807) is 42.5 Å². The van der Waals surface area contributed by atoms with Gasteiger partial charge in [-0.25, -0.2) is 4.98 Å². The highest BCUT2D eigenvalue weighted by Gasteiger charge is 2.33. The van der Waals surface area contributed by atoms with E-state index in [0.29, 0.717) is 35.3 Å². The number of carbonyl (C=O) groups is 1. The highest BCUT2D eigenvalue weighted by atomic mass is 19.4. The fourth-order valence-corrected chi connectivity index (χ4v) is 3.44. The van der Waals surface area contributed by atoms with Crippen molar-refractivity contribution >= 4 is 22.6 Å². The molecule has 5 nitrogen and oxygen atoms in total. The van der Waals surface area contributed by atoms with Crippen LogP contribution in [0.4, 0.5) is 19.0 Å². The van der Waals surface area contributed by atoms with Crippen LogP contribution in [-0.2, 0) is 4.79 Å². The summed E-state index contributed by atoms with van der Waals surface area (Å²) in [6.07, 6.45) is -4.04. The molecule has 2 aromatic carbocycles. The lowest BCUT2D eigenvalue weighted by molar-refractivity contribution is -0.153. The first-order valence-corrected chi connectivity index (χ1v) is 9.48. The van der Waals surface area contributed by atoms with Crippen LogP contribution in [0.15, 0.2) is 54.6 Å². The van der Waals surface area contributed by atoms with E-state index in [1.165, 1.54) is 6.07 Å². The Balaban J connectivity index is 1.67. The van der Waals surface area contributed by atoms with Crippen LogP contribution in [0.2, 0.25) is 0 Å². The number of fused-ring (bicyclic) bond motifs is 1. The van der Waals surface area contributed by atoms with Crippen LogP contribution in [0.1, 0.15) is 12.8 Å². The quantitative estimate of drug-likeness (QED) is 0.640. The van der Waals surface area contributed by atoms with Crippen molar-refractivity contribution in [3.63, 3.8) is 0 Å². The van der Waals surface area contributed by atoms with Crippen LogP contribution in [0, 0.1) is 5.92 Å². The predicted octanol–water partition coefficient (Wildman–Crippen LogP) is 4.55. The summed E-state index contributed by atoms with van der Waals surface area (Å²) in [5, 5.41) is 12.9. The average Bonchev–Trinajstić information content (AvgIpc) is 2.69. The van der Waals surface area contributed by atoms with Crippen molar-refractivity contribution in [3.8, 4) is 16.9 Å². The molecule has 0 radical (unpaired) electrons. The molecule has 0 spiro atoms. The van der Waals surface area contributed by atoms with Crippen molar-refractivity contribution < 1.29 is 27.8 Å². The summed E-state index contributed by atoms with van der Waals surface area (Å²) in [4.78, 5) is 16.8. The molecule has 1 heterocycles. The van der Waals surface area contributed by atoms with Crippen LogP contribution >= 0.6 is 0 Å². The summed E-state index contributed by atoms with van der Waals surface area (Å²) in [6.45, 7) is -1.39. The van der Waals surface area contributed by atoms with E-state index >= 15 is 0 Å². The number of halogens is 3. The fraction of sp³-hybridized carbons (Fsp3) is 0.273. The summed E-state index contributed by atoms with van der Waals surface area (Å²) < 4.78 is 42.9. The zero-order valence-electron chi connectivity index (χ0n) is 15.8. The highest BCUT2D eigenvalue weighted by Crippen LogP contribution is 2.35. The first kappa shape index (κ1) is 20.2. The molecule has 0 saturated heterocycles. The topological polar surface area (TPSA) is 71.5 Å². The normalized spacial score (nSPS) is 18.7. The Labute approximate surface area is 170 Å². The third-order valence-corrected chi connectivity index (χ3v) is 5.02. The maximum absolute atomic E-state index is 12.6. The number of anilines is 1. The number of aliphatic hydroxyl groups is 1. The second kappa shape index (κ2) is 7.95. The van der Waals surface area contributed by atoms with Crippen molar-refractivity contribution in [2.45, 2.75) is 25.1 Å². The van der Waals surface area contributed by atoms with Crippen molar-refractivity contribution in [1.82, 2.24) is 4.98 Å². The van der Waals surface area contributed by atoms with Gasteiger partial charge < -0.3 is 15.2 Å². The van der Waals surface area contributed by atoms with Gasteiger partial charge >= 0.3 is 6.18 Å². The van der Waals surface area contributed by atoms with E-state index in [4.69, 9.17) is 4.74 Å². The number of nitrogens with one attached hydrogen (secondary N) is 1. The Hall–Kier alpha value is -3.13. The fourth-order valence-electron chi connectivity index (χ4n) is 3.44. The van der Waals surface area contributed by atoms with E-state index in [2.05, 4.69) is 10.3 Å². The molecule has 30 heavy (non-hydrogen) atoms. The molecule has 8 heteroatoms. The SMILES string of the molecule is O=C(Nc1ccc2cccc(-c3ccccc3OCC(F)(F)F)c2n1)C1CC(O)C1. The number of aliphatic hydroxyl groups excluding tert-OH is 1. The molecular formula is C22H19F3N2O3. The Kier molecular flexibility index (Phi) is 5.34. The zero-order chi connectivity index (χ0) is 21.3. The lowest BCUT2D eigenvalue weighted by Crippen LogP contribution is -2.37. The van der Waals surface area contributed by atoms with Gasteiger partial charge in [0, 0.05) is 22.4 Å². The number of amides is 1. The molecule has 0 bridgehead atoms. The molecule has 0 atom stereocenters. The largest absolute Gasteiger partial charge is 0.483 e. The predicted molar refractivity (Wildman–Crippen MR) is 106 cm³/mol. The molecule has 1 amide bonds. The third kappa shape index (κ3) is 4.38. The van der Waals surface area contributed by atoms with Crippen LogP contribution in [0.25, 0.3) is 22.0 Å². The van der Waals surface area contributed by atoms with Gasteiger partial charge in [0.15, 0.2) is 6.61 Å². The van der Waals surface area contributed by atoms with Crippen LogP contribution < -0.4 is 10.1 Å². The lowest BCUT2D eigenvalue weighted by Gasteiger charge is -2.29. The molecule has 156 valence electrons. The van der Waals surface area contributed by atoms with Crippen LogP contribution in [0.5, 0.6) is 5.75 Å². The monoisotopic (exact) mass is 416 g/mol. The van der Waals surface area contributed by atoms with E-state index in [1.807, 2.05) is 6.07 Å². The van der Waals surface area contributed by atoms with Gasteiger partial charge in [-0.15, -0.1) is 0 Å². The second-order valence-electron chi connectivity index (χ2n) is 7.29. The lowest BCUT2D eigenvalue weighted by atomic mass is 9.82. The second-order valence-corrected chi connectivity index (χ2v) is 7.29. The van der Waals surface area contributed by atoms with Crippen LogP contribution in [-0.4, -0.2) is 34.9 Å². The number of nitrogens with zero attached hydrogens (tertiary/aromatic N) is 1. The Morgan fingerprint density at radius 3 is 2.53 bits per heavy atom. The van der Waals surface area contributed by atoms with Gasteiger partial charge in [0.05, 0.1) is 11.6 Å². The average molecular weight is 416 g/mol. The summed E-state index contributed by atoms with van der Waals surface area (Å²) in [7, 11) is 0. The maximum atomic E-state index is 12.6. The highest BCUT2D eigenvalue weighted by molar-refractivity contribution is 5.98. The molecule has 1 fully saturated rings. The molecule has 3 aromatic rings. The van der Waals surface area contributed by atoms with E-state index in [9.17, 15) is 23.1 Å². The number of para-hydroxylation sites is 2. The Morgan fingerprint density at radius 1 is 1.07 bits per heavy atom. The molecule has 1 aliphatic rings. The number of hydrogen-bond donors (Lipinski definition) is 2. The number of carbonyl (C=O) groups excluding carboxylic acids is 1. The number of ether oxygens (including phenoxy) is 1. The van der Waals surface area contributed by atoms with E-state index in [0.717, 1.165) is 5.39 Å². The standard InChI is InChI=1S/C22H19F3N2O3/c23-22(24,25)12-30-18-7-2-1-5-16(18)17-6-3-4-13-8-9-19(26-20(13)17)27-21(29)14-10-15(28)11-14/h1-9,14-15,28H,10-12H2,(H,26,27,29). The first-order valence-electron chi connectivity index (χ1n) is 9.48. The smallest absolute Gasteiger partial charge is 0.422 e. The van der Waals surface area contributed by atoms with Crippen molar-refractivity contribution in [1.29, 1.82) is 0 Å². The number of hydrogen-bond acceptors (Lipinski definition) is 4. The summed E-state index contributed by atoms with van der Waals surface area (Å²) in [5.74, 6) is -0.0140. The van der Waals surface area contributed by atoms with Crippen molar-refractivity contribution in [3.05, 3.63) is 54.6 Å². The van der Waals surface area contributed by atoms with Gasteiger partial charge in [0.25, 0.3) is 0 Å². The summed E-state index contributed by atoms with van der Waals surface area (Å²) in [5.41, 5.74) is 1.61. The molecule has 1 saturated carbocycles. The van der Waals surface area contributed by atoms with Gasteiger partial charge in [-0.05, 0) is 31.0 Å². The van der Waals surface area contributed by atoms with Gasteiger partial charge in [0.1, 0.15) is 11.6 Å². The Morgan fingerprint density at radius 2 is 1.80 bits per heavy atom. The first-order chi connectivity index (χ1) is 14.3. The van der Waals surface area contributed by atoms with Crippen LogP contribution in [0.3, 0.4) is 0 Å². The number of benzene rings is 2. The Bertz CT molecular complexity index is 1080. The molecule has 1 aromatic heterocycles. The van der Waals surface area contributed by atoms with E-state index in [-0.39, 0.29) is 17.6 Å². The zero-order valence-corrected chi connectivity index (χ0v) is 15.8. The number of alkyl halides is 3. The molecule has 1 aliphatic carbocycles. The molecular weight excluding hydrogens is 397 g/mol. The van der Waals surface area contributed by atoms with Gasteiger partial charge in [-0.2, -0.15) is 13.2 Å². The van der Waals surface area contributed by atoms with Gasteiger partial charge in [-0.3, -0.25) is 4.79 Å². The summed E-state index contributed by atoms with van der Waals surface area (Å²) in [6, 6.07) is 15.3. The molecule has 0 unspecified atom stereocenters. The molecule has 0 aliphatic heterocycles. The third-order valence-electron chi connectivity index (χ3n) is 5.02. The molecule has 2 N–H and O–H groups in total. The van der Waals surface area contributed by atoms with Crippen molar-refractivity contribution in [2.75, 3.05) is 11.9 Å². The van der Waals surface area contributed by atoms with Gasteiger partial charge in [-0.1, -0.05) is 36.4 Å². The number of pyridine rings is 1. The minimum Gasteiger partial charge on any atom is -0.483 e. The number of aromatic nitrogens is 1. The minimum absolute atomic E-state index is 0.0991. The maximum Gasteiger partial charge on any atom is 0.422 e. The number of rotatable bonds is 5. The summed E-state index contributed by atoms with van der Waals surface area (Å²) >= 11 is 0. The minimum atomic E-state index is -4.45. The van der Waals surface area contributed by atoms with E-state index < -0.39 is 18.9 Å². The molecule has 4 rings (SSSR count). The van der Waals surface area contributed by atoms with Crippen molar-refractivity contribution in [2.24, 2.45) is 5.92 Å².